The molecule has 5 aromatic rings. The maximum Gasteiger partial charge on any atom is 0.299 e. The highest BCUT2D eigenvalue weighted by Gasteiger charge is 2.18. The third-order valence-electron chi connectivity index (χ3n) is 4.85. The first-order valence-corrected chi connectivity index (χ1v) is 9.65. The van der Waals surface area contributed by atoms with Crippen LogP contribution in [-0.4, -0.2) is 35.4 Å². The van der Waals surface area contributed by atoms with Gasteiger partial charge in [0.25, 0.3) is 11.5 Å². The molecule has 10 heteroatoms. The first-order chi connectivity index (χ1) is 15.0. The quantitative estimate of drug-likeness (QED) is 0.470. The summed E-state index contributed by atoms with van der Waals surface area (Å²) in [5.41, 5.74) is 5.91. The zero-order chi connectivity index (χ0) is 21.5. The molecule has 0 spiro atoms. The van der Waals surface area contributed by atoms with Crippen molar-refractivity contribution in [3.63, 3.8) is 0 Å². The number of nitrogens with one attached hydrogen (secondary N) is 1. The molecule has 0 saturated heterocycles. The number of fused-ring (bicyclic) bond motifs is 3. The summed E-state index contributed by atoms with van der Waals surface area (Å²) >= 11 is 6.00. The minimum absolute atomic E-state index is 0.0789. The van der Waals surface area contributed by atoms with E-state index in [1.807, 2.05) is 19.1 Å². The molecule has 0 atom stereocenters. The van der Waals surface area contributed by atoms with Gasteiger partial charge < -0.3 is 0 Å². The summed E-state index contributed by atoms with van der Waals surface area (Å²) in [6.45, 7) is 1.86. The van der Waals surface area contributed by atoms with Crippen LogP contribution >= 0.6 is 11.6 Å². The van der Waals surface area contributed by atoms with E-state index in [0.29, 0.717) is 21.7 Å². The van der Waals surface area contributed by atoms with Gasteiger partial charge in [0.15, 0.2) is 11.2 Å². The molecule has 0 bridgehead atoms. The summed E-state index contributed by atoms with van der Waals surface area (Å²) in [7, 11) is 0. The lowest BCUT2D eigenvalue weighted by molar-refractivity contribution is 0.101. The Morgan fingerprint density at radius 1 is 1.03 bits per heavy atom. The SMILES string of the molecule is Cc1nn2c(nnc3c(=O)n(NC(=O)c4ccncc4)ccc32)c1-c1ccc(Cl)cc1. The highest BCUT2D eigenvalue weighted by atomic mass is 35.5. The zero-order valence-electron chi connectivity index (χ0n) is 16.2. The average Bonchev–Trinajstić information content (AvgIpc) is 3.13. The molecule has 0 aliphatic heterocycles. The summed E-state index contributed by atoms with van der Waals surface area (Å²) in [5.74, 6) is -0.446. The van der Waals surface area contributed by atoms with Gasteiger partial charge in [-0.1, -0.05) is 23.7 Å². The monoisotopic (exact) mass is 431 g/mol. The molecule has 1 aromatic carbocycles. The molecule has 4 aromatic heterocycles. The molecule has 1 N–H and O–H groups in total. The van der Waals surface area contributed by atoms with E-state index in [1.165, 1.54) is 18.6 Å². The highest BCUT2D eigenvalue weighted by molar-refractivity contribution is 6.30. The Balaban J connectivity index is 1.61. The number of carbonyl (C=O) groups is 1. The zero-order valence-corrected chi connectivity index (χ0v) is 16.9. The Kier molecular flexibility index (Phi) is 4.45. The number of benzene rings is 1. The number of amides is 1. The van der Waals surface area contributed by atoms with E-state index in [9.17, 15) is 9.59 Å². The average molecular weight is 432 g/mol. The van der Waals surface area contributed by atoms with Crippen LogP contribution in [0.4, 0.5) is 0 Å². The van der Waals surface area contributed by atoms with E-state index in [0.717, 1.165) is 21.5 Å². The number of carbonyl (C=O) groups excluding carboxylic acids is 1. The number of hydrogen-bond acceptors (Lipinski definition) is 6. The van der Waals surface area contributed by atoms with Crippen LogP contribution in [0.5, 0.6) is 0 Å². The number of aryl methyl sites for hydroxylation is 1. The predicted molar refractivity (Wildman–Crippen MR) is 116 cm³/mol. The second kappa shape index (κ2) is 7.29. The molecule has 0 saturated carbocycles. The fourth-order valence-corrected chi connectivity index (χ4v) is 3.50. The van der Waals surface area contributed by atoms with Crippen LogP contribution in [0.25, 0.3) is 27.8 Å². The highest BCUT2D eigenvalue weighted by Crippen LogP contribution is 2.28. The number of halogens is 1. The topological polar surface area (TPSA) is 107 Å². The maximum atomic E-state index is 12.9. The molecule has 31 heavy (non-hydrogen) atoms. The first kappa shape index (κ1) is 18.9. The van der Waals surface area contributed by atoms with Crippen LogP contribution in [0.2, 0.25) is 5.02 Å². The summed E-state index contributed by atoms with van der Waals surface area (Å²) in [6, 6.07) is 12.1. The van der Waals surface area contributed by atoms with Crippen LogP contribution in [0, 0.1) is 6.92 Å². The molecule has 0 unspecified atom stereocenters. The first-order valence-electron chi connectivity index (χ1n) is 9.27. The van der Waals surface area contributed by atoms with Gasteiger partial charge in [0.1, 0.15) is 5.52 Å². The number of hydrogen-bond donors (Lipinski definition) is 1. The van der Waals surface area contributed by atoms with Crippen LogP contribution < -0.4 is 11.0 Å². The third kappa shape index (κ3) is 3.21. The Hall–Kier alpha value is -4.11. The van der Waals surface area contributed by atoms with Crippen molar-refractivity contribution in [1.29, 1.82) is 0 Å². The number of nitrogens with zero attached hydrogens (tertiary/aromatic N) is 6. The minimum atomic E-state index is -0.518. The maximum absolute atomic E-state index is 12.9. The standard InChI is InChI=1S/C21H14ClN7O2/c1-12-17(13-2-4-15(22)5-3-13)19-25-24-18-16(29(19)26-12)8-11-28(21(18)31)27-20(30)14-6-9-23-10-7-14/h2-11H,1H3,(H,27,30). The van der Waals surface area contributed by atoms with Crippen LogP contribution in [-0.2, 0) is 0 Å². The summed E-state index contributed by atoms with van der Waals surface area (Å²) < 4.78 is 2.65. The van der Waals surface area contributed by atoms with E-state index in [4.69, 9.17) is 11.6 Å². The van der Waals surface area contributed by atoms with E-state index in [1.54, 1.807) is 34.8 Å². The van der Waals surface area contributed by atoms with E-state index < -0.39 is 11.5 Å². The summed E-state index contributed by atoms with van der Waals surface area (Å²) in [6.07, 6.45) is 4.46. The van der Waals surface area contributed by atoms with Gasteiger partial charge in [0.05, 0.1) is 11.3 Å². The molecule has 9 nitrogen and oxygen atoms in total. The van der Waals surface area contributed by atoms with Crippen molar-refractivity contribution in [1.82, 2.24) is 29.5 Å². The lowest BCUT2D eigenvalue weighted by atomic mass is 10.1. The number of pyridine rings is 2. The molecular weight excluding hydrogens is 418 g/mol. The van der Waals surface area contributed by atoms with Gasteiger partial charge in [-0.15, -0.1) is 10.2 Å². The van der Waals surface area contributed by atoms with Crippen molar-refractivity contribution >= 4 is 34.2 Å². The van der Waals surface area contributed by atoms with E-state index >= 15 is 0 Å². The van der Waals surface area contributed by atoms with Crippen molar-refractivity contribution in [3.05, 3.63) is 87.7 Å². The van der Waals surface area contributed by atoms with Crippen molar-refractivity contribution in [2.75, 3.05) is 5.43 Å². The Labute approximate surface area is 179 Å². The van der Waals surface area contributed by atoms with Gasteiger partial charge in [0.2, 0.25) is 0 Å². The Morgan fingerprint density at radius 3 is 2.52 bits per heavy atom. The van der Waals surface area contributed by atoms with Gasteiger partial charge in [-0.3, -0.25) is 20.0 Å². The molecular formula is C21H14ClN7O2. The fraction of sp³-hybridized carbons (Fsp3) is 0.0476. The Bertz CT molecular complexity index is 1510. The predicted octanol–water partition coefficient (Wildman–Crippen LogP) is 2.85. The number of aromatic nitrogens is 6. The van der Waals surface area contributed by atoms with Crippen molar-refractivity contribution in [3.8, 4) is 11.1 Å². The third-order valence-corrected chi connectivity index (χ3v) is 5.10. The van der Waals surface area contributed by atoms with Gasteiger partial charge in [0, 0.05) is 29.2 Å². The van der Waals surface area contributed by atoms with Gasteiger partial charge >= 0.3 is 0 Å². The van der Waals surface area contributed by atoms with Crippen LogP contribution in [0.1, 0.15) is 16.1 Å². The van der Waals surface area contributed by atoms with E-state index in [2.05, 4.69) is 25.7 Å². The molecule has 1 amide bonds. The van der Waals surface area contributed by atoms with Crippen molar-refractivity contribution in [2.24, 2.45) is 0 Å². The smallest absolute Gasteiger partial charge is 0.267 e. The van der Waals surface area contributed by atoms with E-state index in [-0.39, 0.29) is 5.52 Å². The lowest BCUT2D eigenvalue weighted by Crippen LogP contribution is -2.33. The molecule has 4 heterocycles. The molecule has 152 valence electrons. The molecule has 5 rings (SSSR count). The molecule has 0 aliphatic carbocycles. The largest absolute Gasteiger partial charge is 0.299 e. The van der Waals surface area contributed by atoms with Gasteiger partial charge in [-0.2, -0.15) is 5.10 Å². The second-order valence-electron chi connectivity index (χ2n) is 6.80. The van der Waals surface area contributed by atoms with Crippen LogP contribution in [0.3, 0.4) is 0 Å². The molecule has 0 aliphatic rings. The minimum Gasteiger partial charge on any atom is -0.267 e. The fourth-order valence-electron chi connectivity index (χ4n) is 3.37. The normalized spacial score (nSPS) is 11.2. The summed E-state index contributed by atoms with van der Waals surface area (Å²) in [5, 5.41) is 13.6. The van der Waals surface area contributed by atoms with Crippen LogP contribution in [0.15, 0.2) is 65.8 Å². The number of rotatable bonds is 3. The summed E-state index contributed by atoms with van der Waals surface area (Å²) in [4.78, 5) is 29.2. The molecule has 0 radical (unpaired) electrons. The molecule has 0 fully saturated rings. The van der Waals surface area contributed by atoms with Gasteiger partial charge in [-0.05, 0) is 42.8 Å². The Morgan fingerprint density at radius 2 is 1.77 bits per heavy atom. The van der Waals surface area contributed by atoms with Crippen molar-refractivity contribution < 1.29 is 4.79 Å². The lowest BCUT2D eigenvalue weighted by Gasteiger charge is -2.09. The second-order valence-corrected chi connectivity index (χ2v) is 7.24. The van der Waals surface area contributed by atoms with Gasteiger partial charge in [-0.25, -0.2) is 9.19 Å². The van der Waals surface area contributed by atoms with Crippen molar-refractivity contribution in [2.45, 2.75) is 6.92 Å².